The number of ether oxygens (including phenoxy) is 1. The van der Waals surface area contributed by atoms with Crippen LogP contribution in [0.5, 0.6) is 0 Å². The largest absolute Gasteiger partial charge is 0.368 e. The molecule has 1 unspecified atom stereocenters. The van der Waals surface area contributed by atoms with Crippen molar-refractivity contribution in [1.82, 2.24) is 0 Å². The molecule has 3 heteroatoms. The number of alkyl halides is 1. The first-order valence-electron chi connectivity index (χ1n) is 6.18. The Morgan fingerprint density at radius 1 is 1.16 bits per heavy atom. The number of aryl methyl sites for hydroxylation is 1. The highest BCUT2D eigenvalue weighted by atomic mass is 127. The molecule has 0 radical (unpaired) electrons. The van der Waals surface area contributed by atoms with Crippen LogP contribution in [0.3, 0.4) is 0 Å². The molecule has 0 saturated carbocycles. The highest BCUT2D eigenvalue weighted by Crippen LogP contribution is 2.24. The van der Waals surface area contributed by atoms with Gasteiger partial charge in [-0.2, -0.15) is 0 Å². The zero-order chi connectivity index (χ0) is 13.7. The maximum atomic E-state index is 6.06. The van der Waals surface area contributed by atoms with Gasteiger partial charge in [-0.15, -0.1) is 0 Å². The molecule has 2 aromatic rings. The number of rotatable bonds is 5. The lowest BCUT2D eigenvalue weighted by atomic mass is 10.1. The van der Waals surface area contributed by atoms with Crippen LogP contribution in [0.15, 0.2) is 53.0 Å². The molecule has 0 heterocycles. The van der Waals surface area contributed by atoms with Crippen molar-refractivity contribution in [3.05, 3.63) is 69.7 Å². The van der Waals surface area contributed by atoms with Gasteiger partial charge in [-0.1, -0.05) is 86.5 Å². The molecule has 19 heavy (non-hydrogen) atoms. The Bertz CT molecular complexity index is 542. The van der Waals surface area contributed by atoms with E-state index in [4.69, 9.17) is 4.74 Å². The molecular formula is C16H16BrIO. The Balaban J connectivity index is 2.06. The summed E-state index contributed by atoms with van der Waals surface area (Å²) in [6, 6.07) is 16.7. The van der Waals surface area contributed by atoms with E-state index in [-0.39, 0.29) is 6.10 Å². The third kappa shape index (κ3) is 4.29. The molecule has 0 aliphatic carbocycles. The molecule has 1 nitrogen and oxygen atoms in total. The second-order valence-electron chi connectivity index (χ2n) is 4.46. The molecule has 2 rings (SSSR count). The van der Waals surface area contributed by atoms with Crippen LogP contribution < -0.4 is 0 Å². The molecular weight excluding hydrogens is 415 g/mol. The lowest BCUT2D eigenvalue weighted by Crippen LogP contribution is -2.06. The first kappa shape index (κ1) is 15.0. The van der Waals surface area contributed by atoms with Crippen LogP contribution in [0.25, 0.3) is 0 Å². The zero-order valence-corrected chi connectivity index (χ0v) is 14.5. The molecule has 0 amide bonds. The summed E-state index contributed by atoms with van der Waals surface area (Å²) in [4.78, 5) is 0. The van der Waals surface area contributed by atoms with E-state index >= 15 is 0 Å². The predicted molar refractivity (Wildman–Crippen MR) is 91.7 cm³/mol. The summed E-state index contributed by atoms with van der Waals surface area (Å²) in [5, 5.41) is 0. The van der Waals surface area contributed by atoms with Gasteiger partial charge in [0.2, 0.25) is 0 Å². The Morgan fingerprint density at radius 2 is 1.95 bits per heavy atom. The molecule has 0 bridgehead atoms. The highest BCUT2D eigenvalue weighted by Gasteiger charge is 2.11. The topological polar surface area (TPSA) is 9.23 Å². The lowest BCUT2D eigenvalue weighted by molar-refractivity contribution is 0.0573. The Hall–Kier alpha value is -0.390. The van der Waals surface area contributed by atoms with Gasteiger partial charge in [0.05, 0.1) is 12.7 Å². The molecule has 2 aromatic carbocycles. The van der Waals surface area contributed by atoms with Gasteiger partial charge in [-0.25, -0.2) is 0 Å². The minimum Gasteiger partial charge on any atom is -0.368 e. The standard InChI is InChI=1S/C16H16BrIO/c1-12-5-4-7-13(9-12)16(10-18)19-11-14-6-2-3-8-15(14)17/h2-9,16H,10-11H2,1H3. The van der Waals surface area contributed by atoms with Crippen LogP contribution in [0.1, 0.15) is 22.8 Å². The maximum Gasteiger partial charge on any atom is 0.0918 e. The monoisotopic (exact) mass is 430 g/mol. The van der Waals surface area contributed by atoms with Gasteiger partial charge >= 0.3 is 0 Å². The van der Waals surface area contributed by atoms with Crippen molar-refractivity contribution in [2.45, 2.75) is 19.6 Å². The average molecular weight is 431 g/mol. The van der Waals surface area contributed by atoms with Gasteiger partial charge in [0.1, 0.15) is 0 Å². The first-order valence-corrected chi connectivity index (χ1v) is 8.50. The number of halogens is 2. The second kappa shape index (κ2) is 7.41. The molecule has 0 aliphatic rings. The predicted octanol–water partition coefficient (Wildman–Crippen LogP) is 5.45. The fourth-order valence-corrected chi connectivity index (χ4v) is 3.07. The van der Waals surface area contributed by atoms with Gasteiger partial charge in [0, 0.05) is 8.90 Å². The summed E-state index contributed by atoms with van der Waals surface area (Å²) in [6.45, 7) is 2.74. The van der Waals surface area contributed by atoms with Crippen LogP contribution in [0, 0.1) is 6.92 Å². The summed E-state index contributed by atoms with van der Waals surface area (Å²) in [7, 11) is 0. The normalized spacial score (nSPS) is 12.4. The number of hydrogen-bond donors (Lipinski definition) is 0. The van der Waals surface area contributed by atoms with Crippen molar-refractivity contribution in [3.63, 3.8) is 0 Å². The van der Waals surface area contributed by atoms with Gasteiger partial charge < -0.3 is 4.74 Å². The first-order chi connectivity index (χ1) is 9.20. The summed E-state index contributed by atoms with van der Waals surface area (Å²) in [5.74, 6) is 0. The van der Waals surface area contributed by atoms with E-state index in [2.05, 4.69) is 75.8 Å². The quantitative estimate of drug-likeness (QED) is 0.452. The second-order valence-corrected chi connectivity index (χ2v) is 6.19. The van der Waals surface area contributed by atoms with Crippen molar-refractivity contribution in [2.75, 3.05) is 4.43 Å². The summed E-state index contributed by atoms with van der Waals surface area (Å²) in [5.41, 5.74) is 3.71. The van der Waals surface area contributed by atoms with Crippen LogP contribution >= 0.6 is 38.5 Å². The van der Waals surface area contributed by atoms with Gasteiger partial charge in [0.15, 0.2) is 0 Å². The maximum absolute atomic E-state index is 6.06. The minimum absolute atomic E-state index is 0.146. The third-order valence-electron chi connectivity index (χ3n) is 2.95. The lowest BCUT2D eigenvalue weighted by Gasteiger charge is -2.17. The summed E-state index contributed by atoms with van der Waals surface area (Å²) < 4.78 is 8.11. The van der Waals surface area contributed by atoms with E-state index in [1.165, 1.54) is 16.7 Å². The SMILES string of the molecule is Cc1cccc(C(CI)OCc2ccccc2Br)c1. The molecule has 0 N–H and O–H groups in total. The number of hydrogen-bond acceptors (Lipinski definition) is 1. The molecule has 0 spiro atoms. The Labute approximate surface area is 136 Å². The van der Waals surface area contributed by atoms with Gasteiger partial charge in [-0.3, -0.25) is 0 Å². The van der Waals surface area contributed by atoms with Crippen molar-refractivity contribution in [1.29, 1.82) is 0 Å². The third-order valence-corrected chi connectivity index (χ3v) is 4.53. The smallest absolute Gasteiger partial charge is 0.0918 e. The summed E-state index contributed by atoms with van der Waals surface area (Å²) >= 11 is 5.93. The molecule has 0 fully saturated rings. The van der Waals surface area contributed by atoms with E-state index in [0.717, 1.165) is 8.90 Å². The fourth-order valence-electron chi connectivity index (χ4n) is 1.91. The van der Waals surface area contributed by atoms with E-state index in [0.29, 0.717) is 6.61 Å². The molecule has 0 aromatic heterocycles. The van der Waals surface area contributed by atoms with Crippen molar-refractivity contribution in [3.8, 4) is 0 Å². The molecule has 1 atom stereocenters. The van der Waals surface area contributed by atoms with Crippen LogP contribution in [0.4, 0.5) is 0 Å². The van der Waals surface area contributed by atoms with Crippen LogP contribution in [-0.2, 0) is 11.3 Å². The molecule has 100 valence electrons. The van der Waals surface area contributed by atoms with Crippen molar-refractivity contribution < 1.29 is 4.74 Å². The van der Waals surface area contributed by atoms with E-state index in [1.54, 1.807) is 0 Å². The van der Waals surface area contributed by atoms with Gasteiger partial charge in [0.25, 0.3) is 0 Å². The van der Waals surface area contributed by atoms with E-state index < -0.39 is 0 Å². The van der Waals surface area contributed by atoms with Crippen LogP contribution in [0.2, 0.25) is 0 Å². The molecule has 0 saturated heterocycles. The fraction of sp³-hybridized carbons (Fsp3) is 0.250. The number of benzene rings is 2. The van der Waals surface area contributed by atoms with Gasteiger partial charge in [-0.05, 0) is 24.1 Å². The Kier molecular flexibility index (Phi) is 5.85. The zero-order valence-electron chi connectivity index (χ0n) is 10.8. The Morgan fingerprint density at radius 3 is 2.63 bits per heavy atom. The highest BCUT2D eigenvalue weighted by molar-refractivity contribution is 14.1. The average Bonchev–Trinajstić information content (AvgIpc) is 2.41. The van der Waals surface area contributed by atoms with Crippen molar-refractivity contribution in [2.24, 2.45) is 0 Å². The summed E-state index contributed by atoms with van der Waals surface area (Å²) in [6.07, 6.45) is 0.146. The van der Waals surface area contributed by atoms with E-state index in [1.807, 2.05) is 18.2 Å². The van der Waals surface area contributed by atoms with Crippen molar-refractivity contribution >= 4 is 38.5 Å². The molecule has 0 aliphatic heterocycles. The van der Waals surface area contributed by atoms with Crippen LogP contribution in [-0.4, -0.2) is 4.43 Å². The van der Waals surface area contributed by atoms with E-state index in [9.17, 15) is 0 Å². The minimum atomic E-state index is 0.146.